The minimum Gasteiger partial charge on any atom is -0.378 e. The van der Waals surface area contributed by atoms with Crippen LogP contribution < -0.4 is 10.6 Å². The summed E-state index contributed by atoms with van der Waals surface area (Å²) in [6.07, 6.45) is 2.89. The zero-order chi connectivity index (χ0) is 15.1. The second-order valence-electron chi connectivity index (χ2n) is 5.59. The fraction of sp³-hybridized carbons (Fsp3) is 0.562. The predicted molar refractivity (Wildman–Crippen MR) is 79.6 cm³/mol. The van der Waals surface area contributed by atoms with Gasteiger partial charge in [-0.3, -0.25) is 0 Å². The van der Waals surface area contributed by atoms with Crippen molar-refractivity contribution in [3.8, 4) is 0 Å². The molecule has 2 N–H and O–H groups in total. The lowest BCUT2D eigenvalue weighted by Crippen LogP contribution is -2.40. The van der Waals surface area contributed by atoms with E-state index in [-0.39, 0.29) is 18.0 Å². The molecule has 0 aromatic heterocycles. The predicted octanol–water partition coefficient (Wildman–Crippen LogP) is 2.48. The van der Waals surface area contributed by atoms with Gasteiger partial charge < -0.3 is 15.4 Å². The maximum Gasteiger partial charge on any atom is 0.314 e. The summed E-state index contributed by atoms with van der Waals surface area (Å²) >= 11 is 0. The number of carbonyl (C=O) groups is 1. The van der Waals surface area contributed by atoms with Crippen LogP contribution in [-0.4, -0.2) is 31.8 Å². The van der Waals surface area contributed by atoms with E-state index in [1.807, 2.05) is 6.07 Å². The first-order valence-corrected chi connectivity index (χ1v) is 7.51. The van der Waals surface area contributed by atoms with Crippen LogP contribution in [0.2, 0.25) is 0 Å². The molecule has 2 rings (SSSR count). The zero-order valence-electron chi connectivity index (χ0n) is 12.4. The van der Waals surface area contributed by atoms with Gasteiger partial charge in [0.25, 0.3) is 0 Å². The number of benzene rings is 1. The molecule has 1 aromatic rings. The van der Waals surface area contributed by atoms with Crippen LogP contribution in [-0.2, 0) is 11.2 Å². The number of hydrogen-bond donors (Lipinski definition) is 2. The second kappa shape index (κ2) is 7.98. The van der Waals surface area contributed by atoms with E-state index in [0.29, 0.717) is 25.4 Å². The standard InChI is InChI=1S/C16H23FN2O2/c1-12-9-14(6-8-21-12)11-19-16(20)18-7-5-13-3-2-4-15(17)10-13/h2-4,10,12,14H,5-9,11H2,1H3,(H2,18,19,20)/t12-,14+/m1/s1. The number of halogens is 1. The molecular weight excluding hydrogens is 271 g/mol. The minimum absolute atomic E-state index is 0.162. The summed E-state index contributed by atoms with van der Waals surface area (Å²) in [5, 5.41) is 5.69. The Morgan fingerprint density at radius 2 is 2.29 bits per heavy atom. The molecule has 2 atom stereocenters. The monoisotopic (exact) mass is 294 g/mol. The van der Waals surface area contributed by atoms with Crippen molar-refractivity contribution in [2.24, 2.45) is 5.92 Å². The Morgan fingerprint density at radius 3 is 3.05 bits per heavy atom. The third kappa shape index (κ3) is 5.71. The van der Waals surface area contributed by atoms with Crippen molar-refractivity contribution >= 4 is 6.03 Å². The molecule has 0 saturated carbocycles. The van der Waals surface area contributed by atoms with Gasteiger partial charge in [-0.2, -0.15) is 0 Å². The third-order valence-corrected chi connectivity index (χ3v) is 3.73. The quantitative estimate of drug-likeness (QED) is 0.876. The van der Waals surface area contributed by atoms with Crippen molar-refractivity contribution in [2.45, 2.75) is 32.3 Å². The van der Waals surface area contributed by atoms with Gasteiger partial charge >= 0.3 is 6.03 Å². The third-order valence-electron chi connectivity index (χ3n) is 3.73. The minimum atomic E-state index is -0.245. The number of hydrogen-bond acceptors (Lipinski definition) is 2. The molecule has 1 aliphatic heterocycles. The van der Waals surface area contributed by atoms with E-state index in [0.717, 1.165) is 25.0 Å². The summed E-state index contributed by atoms with van der Waals surface area (Å²) in [6.45, 7) is 4.01. The van der Waals surface area contributed by atoms with E-state index in [9.17, 15) is 9.18 Å². The maximum absolute atomic E-state index is 13.0. The largest absolute Gasteiger partial charge is 0.378 e. The molecular formula is C16H23FN2O2. The smallest absolute Gasteiger partial charge is 0.314 e. The van der Waals surface area contributed by atoms with Gasteiger partial charge in [0, 0.05) is 19.7 Å². The van der Waals surface area contributed by atoms with Gasteiger partial charge in [0.2, 0.25) is 0 Å². The van der Waals surface area contributed by atoms with Crippen LogP contribution in [0.3, 0.4) is 0 Å². The van der Waals surface area contributed by atoms with Crippen LogP contribution in [0, 0.1) is 11.7 Å². The highest BCUT2D eigenvalue weighted by Gasteiger charge is 2.19. The Hall–Kier alpha value is -1.62. The number of rotatable bonds is 5. The SMILES string of the molecule is C[C@@H]1C[C@@H](CNC(=O)NCCc2cccc(F)c2)CCO1. The van der Waals surface area contributed by atoms with E-state index < -0.39 is 0 Å². The average molecular weight is 294 g/mol. The molecule has 0 bridgehead atoms. The number of urea groups is 1. The Balaban J connectivity index is 1.61. The van der Waals surface area contributed by atoms with Gasteiger partial charge in [-0.1, -0.05) is 12.1 Å². The molecule has 2 amide bonds. The first kappa shape index (κ1) is 15.8. The van der Waals surface area contributed by atoms with Gasteiger partial charge in [0.05, 0.1) is 6.10 Å². The maximum atomic E-state index is 13.0. The van der Waals surface area contributed by atoms with Crippen molar-refractivity contribution in [1.29, 1.82) is 0 Å². The summed E-state index contributed by atoms with van der Waals surface area (Å²) in [6, 6.07) is 6.27. The molecule has 1 fully saturated rings. The molecule has 0 radical (unpaired) electrons. The van der Waals surface area contributed by atoms with Gasteiger partial charge in [0.15, 0.2) is 0 Å². The highest BCUT2D eigenvalue weighted by atomic mass is 19.1. The summed E-state index contributed by atoms with van der Waals surface area (Å²) < 4.78 is 18.5. The second-order valence-corrected chi connectivity index (χ2v) is 5.59. The molecule has 1 heterocycles. The molecule has 0 aliphatic carbocycles. The van der Waals surface area contributed by atoms with E-state index >= 15 is 0 Å². The van der Waals surface area contributed by atoms with Crippen LogP contribution in [0.5, 0.6) is 0 Å². The van der Waals surface area contributed by atoms with Gasteiger partial charge in [-0.05, 0) is 49.8 Å². The lowest BCUT2D eigenvalue weighted by molar-refractivity contribution is 0.00346. The lowest BCUT2D eigenvalue weighted by Gasteiger charge is -2.27. The Morgan fingerprint density at radius 1 is 1.43 bits per heavy atom. The number of ether oxygens (including phenoxy) is 1. The molecule has 0 spiro atoms. The van der Waals surface area contributed by atoms with Crippen LogP contribution >= 0.6 is 0 Å². The average Bonchev–Trinajstić information content (AvgIpc) is 2.45. The fourth-order valence-electron chi connectivity index (χ4n) is 2.59. The molecule has 1 aromatic carbocycles. The molecule has 4 nitrogen and oxygen atoms in total. The molecule has 5 heteroatoms. The van der Waals surface area contributed by atoms with E-state index in [1.165, 1.54) is 12.1 Å². The first-order valence-electron chi connectivity index (χ1n) is 7.51. The lowest BCUT2D eigenvalue weighted by atomic mass is 9.96. The number of carbonyl (C=O) groups excluding carboxylic acids is 1. The number of amides is 2. The van der Waals surface area contributed by atoms with Crippen molar-refractivity contribution in [2.75, 3.05) is 19.7 Å². The Kier molecular flexibility index (Phi) is 5.99. The van der Waals surface area contributed by atoms with Crippen LogP contribution in [0.1, 0.15) is 25.3 Å². The molecule has 1 aliphatic rings. The number of nitrogens with one attached hydrogen (secondary N) is 2. The van der Waals surface area contributed by atoms with Crippen LogP contribution in [0.15, 0.2) is 24.3 Å². The summed E-state index contributed by atoms with van der Waals surface area (Å²) in [5.41, 5.74) is 0.883. The molecule has 0 unspecified atom stereocenters. The highest BCUT2D eigenvalue weighted by molar-refractivity contribution is 5.73. The van der Waals surface area contributed by atoms with Gasteiger partial charge in [-0.25, -0.2) is 9.18 Å². The Labute approximate surface area is 125 Å². The summed E-state index contributed by atoms with van der Waals surface area (Å²) in [4.78, 5) is 11.7. The van der Waals surface area contributed by atoms with E-state index in [2.05, 4.69) is 17.6 Å². The topological polar surface area (TPSA) is 50.4 Å². The normalized spacial score (nSPS) is 21.8. The zero-order valence-corrected chi connectivity index (χ0v) is 12.4. The summed E-state index contributed by atoms with van der Waals surface area (Å²) in [7, 11) is 0. The van der Waals surface area contributed by atoms with Crippen molar-refractivity contribution < 1.29 is 13.9 Å². The van der Waals surface area contributed by atoms with E-state index in [4.69, 9.17) is 4.74 Å². The van der Waals surface area contributed by atoms with Crippen molar-refractivity contribution in [3.05, 3.63) is 35.6 Å². The fourth-order valence-corrected chi connectivity index (χ4v) is 2.59. The van der Waals surface area contributed by atoms with E-state index in [1.54, 1.807) is 6.07 Å². The van der Waals surface area contributed by atoms with Crippen LogP contribution in [0.25, 0.3) is 0 Å². The van der Waals surface area contributed by atoms with Gasteiger partial charge in [-0.15, -0.1) is 0 Å². The molecule has 1 saturated heterocycles. The molecule has 21 heavy (non-hydrogen) atoms. The van der Waals surface area contributed by atoms with Gasteiger partial charge in [0.1, 0.15) is 5.82 Å². The Bertz CT molecular complexity index is 467. The first-order chi connectivity index (χ1) is 10.1. The van der Waals surface area contributed by atoms with Crippen molar-refractivity contribution in [3.63, 3.8) is 0 Å². The summed E-state index contributed by atoms with van der Waals surface area (Å²) in [5.74, 6) is 0.244. The molecule has 116 valence electrons. The highest BCUT2D eigenvalue weighted by Crippen LogP contribution is 2.18. The van der Waals surface area contributed by atoms with Crippen molar-refractivity contribution in [1.82, 2.24) is 10.6 Å². The van der Waals surface area contributed by atoms with Crippen LogP contribution in [0.4, 0.5) is 9.18 Å².